The van der Waals surface area contributed by atoms with Crippen LogP contribution in [-0.2, 0) is 10.0 Å². The molecule has 0 spiro atoms. The number of benzene rings is 3. The monoisotopic (exact) mass is 422 g/mol. The molecule has 0 aliphatic heterocycles. The summed E-state index contributed by atoms with van der Waals surface area (Å²) in [6.07, 6.45) is 0. The quantitative estimate of drug-likeness (QED) is 0.593. The normalized spacial score (nSPS) is 12.3. The minimum Gasteiger partial charge on any atom is -0.346 e. The van der Waals surface area contributed by atoms with Crippen LogP contribution in [0, 0.1) is 20.8 Å². The van der Waals surface area contributed by atoms with E-state index in [2.05, 4.69) is 16.1 Å². The Morgan fingerprint density at radius 1 is 0.867 bits per heavy atom. The average Bonchev–Trinajstić information content (AvgIpc) is 2.71. The maximum Gasteiger partial charge on any atom is 0.261 e. The minimum absolute atomic E-state index is 0.144. The van der Waals surface area contributed by atoms with E-state index in [0.29, 0.717) is 16.8 Å². The number of amides is 1. The number of hydrogen-bond donors (Lipinski definition) is 2. The van der Waals surface area contributed by atoms with Crippen LogP contribution in [0.2, 0.25) is 0 Å². The first-order chi connectivity index (χ1) is 14.2. The third-order valence-corrected chi connectivity index (χ3v) is 6.42. The van der Waals surface area contributed by atoms with Crippen molar-refractivity contribution < 1.29 is 13.2 Å². The first-order valence-electron chi connectivity index (χ1n) is 9.74. The van der Waals surface area contributed by atoms with E-state index >= 15 is 0 Å². The highest BCUT2D eigenvalue weighted by atomic mass is 32.2. The predicted molar refractivity (Wildman–Crippen MR) is 120 cm³/mol. The van der Waals surface area contributed by atoms with Crippen molar-refractivity contribution in [3.63, 3.8) is 0 Å². The molecule has 3 aromatic rings. The lowest BCUT2D eigenvalue weighted by atomic mass is 9.99. The van der Waals surface area contributed by atoms with Crippen LogP contribution in [0.3, 0.4) is 0 Å². The molecule has 0 fully saturated rings. The predicted octanol–water partition coefficient (Wildman–Crippen LogP) is 4.90. The summed E-state index contributed by atoms with van der Waals surface area (Å²) in [7, 11) is -3.68. The zero-order valence-electron chi connectivity index (χ0n) is 17.6. The standard InChI is InChI=1S/C24H26N2O3S/c1-16-10-11-17(2)22(14-16)19(4)25-24(27)20-12-13-23(18(3)15-20)26-30(28,29)21-8-6-5-7-9-21/h5-15,19,26H,1-4H3,(H,25,27)/t19-/m0/s1. The van der Waals surface area contributed by atoms with Crippen molar-refractivity contribution >= 4 is 21.6 Å². The fraction of sp³-hybridized carbons (Fsp3) is 0.208. The van der Waals surface area contributed by atoms with Gasteiger partial charge in [-0.2, -0.15) is 0 Å². The number of aryl methyl sites for hydroxylation is 3. The number of hydrogen-bond acceptors (Lipinski definition) is 3. The lowest BCUT2D eigenvalue weighted by molar-refractivity contribution is 0.0939. The number of anilines is 1. The second-order valence-corrected chi connectivity index (χ2v) is 9.19. The molecule has 3 rings (SSSR count). The van der Waals surface area contributed by atoms with E-state index in [9.17, 15) is 13.2 Å². The largest absolute Gasteiger partial charge is 0.346 e. The summed E-state index contributed by atoms with van der Waals surface area (Å²) in [6, 6.07) is 19.1. The van der Waals surface area contributed by atoms with Crippen molar-refractivity contribution in [3.05, 3.63) is 94.5 Å². The second kappa shape index (κ2) is 8.71. The van der Waals surface area contributed by atoms with Gasteiger partial charge in [-0.1, -0.05) is 42.0 Å². The van der Waals surface area contributed by atoms with E-state index in [0.717, 1.165) is 16.7 Å². The Bertz CT molecular complexity index is 1170. The molecule has 0 saturated heterocycles. The molecule has 2 N–H and O–H groups in total. The van der Waals surface area contributed by atoms with Gasteiger partial charge in [0, 0.05) is 5.56 Å². The lowest BCUT2D eigenvalue weighted by Gasteiger charge is -2.18. The molecule has 30 heavy (non-hydrogen) atoms. The maximum absolute atomic E-state index is 12.7. The van der Waals surface area contributed by atoms with Crippen LogP contribution in [0.5, 0.6) is 0 Å². The summed E-state index contributed by atoms with van der Waals surface area (Å²) in [5.41, 5.74) is 4.93. The highest BCUT2D eigenvalue weighted by Gasteiger charge is 2.17. The van der Waals surface area contributed by atoms with Gasteiger partial charge >= 0.3 is 0 Å². The molecule has 1 atom stereocenters. The third-order valence-electron chi connectivity index (χ3n) is 5.04. The fourth-order valence-corrected chi connectivity index (χ4v) is 4.46. The van der Waals surface area contributed by atoms with E-state index in [1.165, 1.54) is 12.1 Å². The Morgan fingerprint density at radius 3 is 2.23 bits per heavy atom. The van der Waals surface area contributed by atoms with Crippen molar-refractivity contribution in [2.75, 3.05) is 4.72 Å². The Kier molecular flexibility index (Phi) is 6.27. The highest BCUT2D eigenvalue weighted by Crippen LogP contribution is 2.23. The van der Waals surface area contributed by atoms with E-state index in [4.69, 9.17) is 0 Å². The van der Waals surface area contributed by atoms with Crippen LogP contribution in [-0.4, -0.2) is 14.3 Å². The summed E-state index contributed by atoms with van der Waals surface area (Å²) in [5.74, 6) is -0.205. The van der Waals surface area contributed by atoms with Crippen molar-refractivity contribution in [1.82, 2.24) is 5.32 Å². The molecular weight excluding hydrogens is 396 g/mol. The van der Waals surface area contributed by atoms with Crippen LogP contribution in [0.4, 0.5) is 5.69 Å². The molecule has 1 amide bonds. The van der Waals surface area contributed by atoms with E-state index in [1.54, 1.807) is 43.3 Å². The number of nitrogens with one attached hydrogen (secondary N) is 2. The topological polar surface area (TPSA) is 75.3 Å². The van der Waals surface area contributed by atoms with Gasteiger partial charge in [-0.15, -0.1) is 0 Å². The summed E-state index contributed by atoms with van der Waals surface area (Å²) in [5, 5.41) is 3.02. The molecule has 0 heterocycles. The van der Waals surface area contributed by atoms with E-state index < -0.39 is 10.0 Å². The van der Waals surface area contributed by atoms with Gasteiger partial charge in [0.05, 0.1) is 16.6 Å². The lowest BCUT2D eigenvalue weighted by Crippen LogP contribution is -2.27. The Morgan fingerprint density at radius 2 is 1.57 bits per heavy atom. The highest BCUT2D eigenvalue weighted by molar-refractivity contribution is 7.92. The molecule has 156 valence electrons. The van der Waals surface area contributed by atoms with Gasteiger partial charge in [-0.3, -0.25) is 9.52 Å². The molecule has 0 saturated carbocycles. The smallest absolute Gasteiger partial charge is 0.261 e. The number of carbonyl (C=O) groups is 1. The summed E-state index contributed by atoms with van der Waals surface area (Å²) in [6.45, 7) is 7.77. The van der Waals surface area contributed by atoms with Crippen molar-refractivity contribution in [3.8, 4) is 0 Å². The molecule has 0 bridgehead atoms. The van der Waals surface area contributed by atoms with Crippen molar-refractivity contribution in [2.45, 2.75) is 38.6 Å². The summed E-state index contributed by atoms with van der Waals surface area (Å²) < 4.78 is 27.7. The van der Waals surface area contributed by atoms with Gasteiger partial charge in [0.2, 0.25) is 0 Å². The van der Waals surface area contributed by atoms with E-state index in [-0.39, 0.29) is 16.8 Å². The average molecular weight is 423 g/mol. The molecule has 0 unspecified atom stereocenters. The molecule has 6 heteroatoms. The van der Waals surface area contributed by atoms with Crippen molar-refractivity contribution in [2.24, 2.45) is 0 Å². The Balaban J connectivity index is 1.76. The Hall–Kier alpha value is -3.12. The summed E-state index contributed by atoms with van der Waals surface area (Å²) in [4.78, 5) is 12.9. The number of rotatable bonds is 6. The number of carbonyl (C=O) groups excluding carboxylic acids is 1. The van der Waals surface area contributed by atoms with Gasteiger partial charge in [0.1, 0.15) is 0 Å². The van der Waals surface area contributed by atoms with Crippen molar-refractivity contribution in [1.29, 1.82) is 0 Å². The van der Waals surface area contributed by atoms with Gasteiger partial charge < -0.3 is 5.32 Å². The minimum atomic E-state index is -3.68. The molecule has 0 aliphatic carbocycles. The van der Waals surface area contributed by atoms with Gasteiger partial charge in [-0.25, -0.2) is 8.42 Å². The van der Waals surface area contributed by atoms with Gasteiger partial charge in [-0.05, 0) is 74.7 Å². The molecular formula is C24H26N2O3S. The maximum atomic E-state index is 12.7. The molecule has 3 aromatic carbocycles. The van der Waals surface area contributed by atoms with Crippen LogP contribution < -0.4 is 10.0 Å². The van der Waals surface area contributed by atoms with Crippen LogP contribution in [0.1, 0.15) is 45.6 Å². The van der Waals surface area contributed by atoms with Crippen LogP contribution in [0.25, 0.3) is 0 Å². The first kappa shape index (κ1) is 21.6. The zero-order chi connectivity index (χ0) is 21.9. The second-order valence-electron chi connectivity index (χ2n) is 7.50. The third kappa shape index (κ3) is 4.89. The molecule has 0 radical (unpaired) electrons. The van der Waals surface area contributed by atoms with Crippen LogP contribution in [0.15, 0.2) is 71.6 Å². The molecule has 0 aromatic heterocycles. The zero-order valence-corrected chi connectivity index (χ0v) is 18.4. The molecule has 5 nitrogen and oxygen atoms in total. The molecule has 0 aliphatic rings. The van der Waals surface area contributed by atoms with Gasteiger partial charge in [0.25, 0.3) is 15.9 Å². The SMILES string of the molecule is Cc1ccc(C)c([C@H](C)NC(=O)c2ccc(NS(=O)(=O)c3ccccc3)c(C)c2)c1. The summed E-state index contributed by atoms with van der Waals surface area (Å²) >= 11 is 0. The van der Waals surface area contributed by atoms with Gasteiger partial charge in [0.15, 0.2) is 0 Å². The number of sulfonamides is 1. The first-order valence-corrected chi connectivity index (χ1v) is 11.2. The van der Waals surface area contributed by atoms with E-state index in [1.807, 2.05) is 32.9 Å². The fourth-order valence-electron chi connectivity index (χ4n) is 3.31. The Labute approximate surface area is 178 Å². The van der Waals surface area contributed by atoms with Crippen LogP contribution >= 0.6 is 0 Å².